The van der Waals surface area contributed by atoms with Gasteiger partial charge in [0.05, 0.1) is 17.3 Å². The van der Waals surface area contributed by atoms with Gasteiger partial charge < -0.3 is 15.5 Å². The Hall–Kier alpha value is -3.09. The van der Waals surface area contributed by atoms with Gasteiger partial charge in [-0.1, -0.05) is 12.1 Å². The zero-order valence-electron chi connectivity index (χ0n) is 17.6. The van der Waals surface area contributed by atoms with Crippen molar-refractivity contribution in [3.63, 3.8) is 0 Å². The minimum atomic E-state index is -0.0558. The molecule has 0 unspecified atom stereocenters. The molecule has 3 aromatic rings. The van der Waals surface area contributed by atoms with Crippen LogP contribution in [0.1, 0.15) is 58.9 Å². The lowest BCUT2D eigenvalue weighted by Crippen LogP contribution is -2.39. The van der Waals surface area contributed by atoms with Crippen LogP contribution in [0.5, 0.6) is 0 Å². The Morgan fingerprint density at radius 2 is 1.93 bits per heavy atom. The van der Waals surface area contributed by atoms with Crippen molar-refractivity contribution < 1.29 is 4.79 Å². The average molecular weight is 405 g/mol. The second kappa shape index (κ2) is 7.31. The number of nitrogens with zero attached hydrogens (tertiary/aromatic N) is 5. The van der Waals surface area contributed by atoms with Crippen LogP contribution in [0.25, 0.3) is 5.65 Å². The molecule has 2 fully saturated rings. The van der Waals surface area contributed by atoms with E-state index in [1.165, 1.54) is 6.42 Å². The van der Waals surface area contributed by atoms with Crippen molar-refractivity contribution in [2.24, 2.45) is 0 Å². The average Bonchev–Trinajstić information content (AvgIpc) is 3.09. The number of aromatic nitrogens is 3. The quantitative estimate of drug-likeness (QED) is 0.676. The van der Waals surface area contributed by atoms with E-state index in [9.17, 15) is 4.79 Å². The number of hydrogen-bond acceptors (Lipinski definition) is 5. The van der Waals surface area contributed by atoms with Crippen molar-refractivity contribution in [2.45, 2.75) is 45.6 Å². The molecule has 4 heterocycles. The summed E-state index contributed by atoms with van der Waals surface area (Å²) >= 11 is 0. The van der Waals surface area contributed by atoms with Gasteiger partial charge in [0.2, 0.25) is 0 Å². The first-order chi connectivity index (χ1) is 14.5. The zero-order chi connectivity index (χ0) is 20.8. The number of amides is 1. The fourth-order valence-corrected chi connectivity index (χ4v) is 4.64. The van der Waals surface area contributed by atoms with E-state index in [0.29, 0.717) is 11.3 Å². The summed E-state index contributed by atoms with van der Waals surface area (Å²) in [6, 6.07) is 7.62. The van der Waals surface area contributed by atoms with Gasteiger partial charge in [0, 0.05) is 43.1 Å². The van der Waals surface area contributed by atoms with Gasteiger partial charge in [-0.05, 0) is 51.2 Å². The summed E-state index contributed by atoms with van der Waals surface area (Å²) in [5, 5.41) is 4.82. The van der Waals surface area contributed by atoms with Crippen LogP contribution < -0.4 is 10.6 Å². The monoisotopic (exact) mass is 404 g/mol. The molecule has 0 radical (unpaired) electrons. The lowest BCUT2D eigenvalue weighted by Gasteiger charge is -2.35. The number of likely N-dealkylation sites (tertiary alicyclic amines) is 1. The van der Waals surface area contributed by atoms with Crippen LogP contribution in [0.3, 0.4) is 0 Å². The summed E-state index contributed by atoms with van der Waals surface area (Å²) < 4.78 is 1.85. The number of rotatable bonds is 3. The highest BCUT2D eigenvalue weighted by Crippen LogP contribution is 2.34. The minimum absolute atomic E-state index is 0.00207. The molecule has 30 heavy (non-hydrogen) atoms. The highest BCUT2D eigenvalue weighted by molar-refractivity contribution is 6.00. The summed E-state index contributed by atoms with van der Waals surface area (Å²) in [7, 11) is 0. The molecule has 7 nitrogen and oxygen atoms in total. The molecule has 2 N–H and O–H groups in total. The number of nitrogens with two attached hydrogens (primary N) is 1. The van der Waals surface area contributed by atoms with Crippen LogP contribution in [0.15, 0.2) is 30.5 Å². The molecule has 0 spiro atoms. The van der Waals surface area contributed by atoms with Gasteiger partial charge in [0.25, 0.3) is 5.91 Å². The Labute approximate surface area is 176 Å². The number of carbonyl (C=O) groups excluding carboxylic acids is 1. The molecule has 156 valence electrons. The Morgan fingerprint density at radius 1 is 1.10 bits per heavy atom. The van der Waals surface area contributed by atoms with Gasteiger partial charge in [-0.15, -0.1) is 0 Å². The van der Waals surface area contributed by atoms with Gasteiger partial charge in [0.1, 0.15) is 5.82 Å². The van der Waals surface area contributed by atoms with Crippen molar-refractivity contribution in [2.75, 3.05) is 30.3 Å². The number of aryl methyl sites for hydroxylation is 2. The number of nitrogen functional groups attached to an aromatic ring is 1. The standard InChI is InChI=1S/C23H28N6O/c1-15-7-5-8-17(24)21(15)23(30)28-12-4-3-9-19(28)18-13-20-25-22(27-10-6-11-27)16(2)14-29(20)26-18/h5,7-8,13-14,19H,3-4,6,9-12,24H2,1-2H3/t19-/m0/s1. The topological polar surface area (TPSA) is 79.8 Å². The van der Waals surface area contributed by atoms with Crippen LogP contribution in [-0.2, 0) is 0 Å². The van der Waals surface area contributed by atoms with E-state index >= 15 is 0 Å². The maximum atomic E-state index is 13.5. The van der Waals surface area contributed by atoms with Crippen LogP contribution in [0.4, 0.5) is 11.5 Å². The van der Waals surface area contributed by atoms with Gasteiger partial charge in [-0.2, -0.15) is 5.10 Å². The summed E-state index contributed by atoms with van der Waals surface area (Å²) in [6.07, 6.45) is 6.25. The molecule has 1 atom stereocenters. The second-order valence-electron chi connectivity index (χ2n) is 8.51. The minimum Gasteiger partial charge on any atom is -0.398 e. The number of hydrogen-bond donors (Lipinski definition) is 1. The van der Waals surface area contributed by atoms with Gasteiger partial charge >= 0.3 is 0 Å². The SMILES string of the molecule is Cc1cn2nc([C@@H]3CCCCN3C(=O)c3c(C)cccc3N)cc2nc1N1CCC1. The third-order valence-electron chi connectivity index (χ3n) is 6.40. The number of anilines is 2. The predicted octanol–water partition coefficient (Wildman–Crippen LogP) is 3.51. The molecule has 2 saturated heterocycles. The second-order valence-corrected chi connectivity index (χ2v) is 8.51. The van der Waals surface area contributed by atoms with Gasteiger partial charge in [-0.25, -0.2) is 9.50 Å². The summed E-state index contributed by atoms with van der Waals surface area (Å²) in [5.41, 5.74) is 11.1. The Kier molecular flexibility index (Phi) is 4.60. The van der Waals surface area contributed by atoms with Crippen molar-refractivity contribution in [1.82, 2.24) is 19.5 Å². The molecule has 2 aromatic heterocycles. The Bertz CT molecular complexity index is 1100. The predicted molar refractivity (Wildman–Crippen MR) is 118 cm³/mol. The van der Waals surface area contributed by atoms with Crippen LogP contribution >= 0.6 is 0 Å². The molecule has 2 aliphatic rings. The number of piperidine rings is 1. The molecule has 5 rings (SSSR count). The molecular weight excluding hydrogens is 376 g/mol. The summed E-state index contributed by atoms with van der Waals surface area (Å²) in [5.74, 6) is 1.04. The normalized spacial score (nSPS) is 19.2. The highest BCUT2D eigenvalue weighted by Gasteiger charge is 2.32. The summed E-state index contributed by atoms with van der Waals surface area (Å²) in [4.78, 5) is 22.6. The smallest absolute Gasteiger partial charge is 0.256 e. The van der Waals surface area contributed by atoms with E-state index in [0.717, 1.165) is 67.2 Å². The first-order valence-electron chi connectivity index (χ1n) is 10.8. The van der Waals surface area contributed by atoms with Crippen molar-refractivity contribution in [3.05, 3.63) is 52.8 Å². The number of fused-ring (bicyclic) bond motifs is 1. The van der Waals surface area contributed by atoms with Crippen molar-refractivity contribution >= 4 is 23.1 Å². The molecule has 2 aliphatic heterocycles. The third-order valence-corrected chi connectivity index (χ3v) is 6.40. The fourth-order valence-electron chi connectivity index (χ4n) is 4.64. The molecule has 0 aliphatic carbocycles. The zero-order valence-corrected chi connectivity index (χ0v) is 17.6. The maximum Gasteiger partial charge on any atom is 0.256 e. The molecule has 1 aromatic carbocycles. The van der Waals surface area contributed by atoms with Crippen LogP contribution in [0.2, 0.25) is 0 Å². The van der Waals surface area contributed by atoms with E-state index in [1.807, 2.05) is 40.7 Å². The first-order valence-corrected chi connectivity index (χ1v) is 10.8. The molecule has 7 heteroatoms. The van der Waals surface area contributed by atoms with E-state index in [4.69, 9.17) is 15.8 Å². The fraction of sp³-hybridized carbons (Fsp3) is 0.435. The highest BCUT2D eigenvalue weighted by atomic mass is 16.2. The van der Waals surface area contributed by atoms with E-state index in [1.54, 1.807) is 6.07 Å². The molecule has 1 amide bonds. The largest absolute Gasteiger partial charge is 0.398 e. The van der Waals surface area contributed by atoms with Crippen LogP contribution in [-0.4, -0.2) is 45.0 Å². The third kappa shape index (κ3) is 3.09. The Balaban J connectivity index is 1.51. The molecule has 0 bridgehead atoms. The van der Waals surface area contributed by atoms with E-state index in [2.05, 4.69) is 11.8 Å². The van der Waals surface area contributed by atoms with E-state index < -0.39 is 0 Å². The molecule has 0 saturated carbocycles. The van der Waals surface area contributed by atoms with E-state index in [-0.39, 0.29) is 11.9 Å². The Morgan fingerprint density at radius 3 is 2.67 bits per heavy atom. The number of benzene rings is 1. The summed E-state index contributed by atoms with van der Waals surface area (Å²) in [6.45, 7) is 6.87. The number of carbonyl (C=O) groups is 1. The van der Waals surface area contributed by atoms with Crippen molar-refractivity contribution in [3.8, 4) is 0 Å². The lowest BCUT2D eigenvalue weighted by atomic mass is 9.96. The van der Waals surface area contributed by atoms with Crippen molar-refractivity contribution in [1.29, 1.82) is 0 Å². The van der Waals surface area contributed by atoms with Gasteiger partial charge in [0.15, 0.2) is 5.65 Å². The van der Waals surface area contributed by atoms with Gasteiger partial charge in [-0.3, -0.25) is 4.79 Å². The first kappa shape index (κ1) is 18.9. The van der Waals surface area contributed by atoms with Crippen LogP contribution in [0, 0.1) is 13.8 Å². The lowest BCUT2D eigenvalue weighted by molar-refractivity contribution is 0.0606. The molecular formula is C23H28N6O. The maximum absolute atomic E-state index is 13.5.